The van der Waals surface area contributed by atoms with Crippen LogP contribution in [0, 0.1) is 10.1 Å². The van der Waals surface area contributed by atoms with E-state index in [9.17, 15) is 28.1 Å². The molecule has 0 bridgehead atoms. The number of hydrogen-bond donors (Lipinski definition) is 1. The van der Waals surface area contributed by atoms with Crippen LogP contribution < -0.4 is 10.2 Å². The fraction of sp³-hybridized carbons (Fsp3) is 0.533. The zero-order chi connectivity index (χ0) is 18.6. The molecular formula is C15H19F3N4O3. The number of alkyl halides is 3. The number of anilines is 1. The maximum Gasteiger partial charge on any atom is 0.401 e. The van der Waals surface area contributed by atoms with Crippen LogP contribution in [0.1, 0.15) is 16.8 Å². The van der Waals surface area contributed by atoms with E-state index in [1.165, 1.54) is 30.1 Å². The van der Waals surface area contributed by atoms with Gasteiger partial charge in [0.15, 0.2) is 0 Å². The molecule has 1 aliphatic heterocycles. The van der Waals surface area contributed by atoms with Crippen LogP contribution in [0.25, 0.3) is 0 Å². The molecule has 0 radical (unpaired) electrons. The summed E-state index contributed by atoms with van der Waals surface area (Å²) >= 11 is 0. The molecule has 0 spiro atoms. The quantitative estimate of drug-likeness (QED) is 0.657. The fourth-order valence-corrected chi connectivity index (χ4v) is 2.85. The van der Waals surface area contributed by atoms with Gasteiger partial charge in [-0.3, -0.25) is 19.8 Å². The molecule has 7 nitrogen and oxygen atoms in total. The van der Waals surface area contributed by atoms with E-state index in [-0.39, 0.29) is 17.8 Å². The van der Waals surface area contributed by atoms with E-state index >= 15 is 0 Å². The number of nitrogens with zero attached hydrogens (tertiary/aromatic N) is 3. The second kappa shape index (κ2) is 7.68. The Balaban J connectivity index is 2.23. The van der Waals surface area contributed by atoms with E-state index < -0.39 is 23.6 Å². The molecule has 0 saturated carbocycles. The molecule has 0 unspecified atom stereocenters. The summed E-state index contributed by atoms with van der Waals surface area (Å²) in [5.41, 5.74) is 0.413. The van der Waals surface area contributed by atoms with Crippen molar-refractivity contribution in [1.29, 1.82) is 0 Å². The molecule has 0 aliphatic carbocycles. The van der Waals surface area contributed by atoms with Gasteiger partial charge in [0.2, 0.25) is 0 Å². The van der Waals surface area contributed by atoms with Crippen LogP contribution in [0.4, 0.5) is 24.5 Å². The van der Waals surface area contributed by atoms with Gasteiger partial charge in [-0.1, -0.05) is 0 Å². The molecule has 1 aromatic carbocycles. The van der Waals surface area contributed by atoms with E-state index in [4.69, 9.17) is 0 Å². The highest BCUT2D eigenvalue weighted by molar-refractivity contribution is 6.00. The first-order chi connectivity index (χ1) is 11.7. The maximum absolute atomic E-state index is 12.6. The van der Waals surface area contributed by atoms with Crippen LogP contribution in [0.15, 0.2) is 18.2 Å². The Morgan fingerprint density at radius 1 is 1.28 bits per heavy atom. The summed E-state index contributed by atoms with van der Waals surface area (Å²) in [4.78, 5) is 25.5. The van der Waals surface area contributed by atoms with Gasteiger partial charge in [-0.05, 0) is 12.5 Å². The van der Waals surface area contributed by atoms with Gasteiger partial charge in [-0.2, -0.15) is 13.2 Å². The summed E-state index contributed by atoms with van der Waals surface area (Å²) in [5, 5.41) is 13.4. The predicted octanol–water partition coefficient (Wildman–Crippen LogP) is 2.03. The van der Waals surface area contributed by atoms with Crippen LogP contribution in [0.2, 0.25) is 0 Å². The third-order valence-corrected chi connectivity index (χ3v) is 3.99. The van der Waals surface area contributed by atoms with Gasteiger partial charge in [0.1, 0.15) is 0 Å². The van der Waals surface area contributed by atoms with E-state index in [0.29, 0.717) is 31.7 Å². The van der Waals surface area contributed by atoms with Crippen molar-refractivity contribution < 1.29 is 22.9 Å². The molecule has 25 heavy (non-hydrogen) atoms. The predicted molar refractivity (Wildman–Crippen MR) is 85.8 cm³/mol. The number of non-ortho nitro benzene ring substituents is 1. The first-order valence-corrected chi connectivity index (χ1v) is 7.76. The maximum atomic E-state index is 12.6. The van der Waals surface area contributed by atoms with Gasteiger partial charge < -0.3 is 10.2 Å². The number of rotatable bonds is 4. The molecule has 138 valence electrons. The van der Waals surface area contributed by atoms with Crippen molar-refractivity contribution in [3.63, 3.8) is 0 Å². The van der Waals surface area contributed by atoms with Gasteiger partial charge in [0.05, 0.1) is 22.7 Å². The molecule has 2 rings (SSSR count). The van der Waals surface area contributed by atoms with Crippen molar-refractivity contribution in [3.8, 4) is 0 Å². The smallest absolute Gasteiger partial charge is 0.370 e. The van der Waals surface area contributed by atoms with Gasteiger partial charge in [0, 0.05) is 45.4 Å². The Kier molecular flexibility index (Phi) is 5.83. The van der Waals surface area contributed by atoms with Gasteiger partial charge in [-0.15, -0.1) is 0 Å². The third kappa shape index (κ3) is 5.05. The summed E-state index contributed by atoms with van der Waals surface area (Å²) < 4.78 is 37.7. The Labute approximate surface area is 142 Å². The number of carbonyl (C=O) groups excluding carboxylic acids is 1. The lowest BCUT2D eigenvalue weighted by molar-refractivity contribution is -0.384. The molecule has 1 fully saturated rings. The van der Waals surface area contributed by atoms with Gasteiger partial charge >= 0.3 is 6.18 Å². The average molecular weight is 360 g/mol. The molecule has 1 N–H and O–H groups in total. The Hall–Kier alpha value is -2.36. The normalized spacial score (nSPS) is 16.4. The first-order valence-electron chi connectivity index (χ1n) is 7.76. The molecule has 1 saturated heterocycles. The van der Waals surface area contributed by atoms with Crippen LogP contribution in [0.3, 0.4) is 0 Å². The van der Waals surface area contributed by atoms with Crippen molar-refractivity contribution in [1.82, 2.24) is 10.2 Å². The lowest BCUT2D eigenvalue weighted by Gasteiger charge is -2.25. The van der Waals surface area contributed by atoms with Crippen LogP contribution in [-0.2, 0) is 0 Å². The molecular weight excluding hydrogens is 341 g/mol. The zero-order valence-electron chi connectivity index (χ0n) is 13.7. The molecule has 10 heteroatoms. The Morgan fingerprint density at radius 3 is 2.60 bits per heavy atom. The molecule has 1 amide bonds. The van der Waals surface area contributed by atoms with E-state index in [0.717, 1.165) is 0 Å². The van der Waals surface area contributed by atoms with Crippen molar-refractivity contribution >= 4 is 17.3 Å². The minimum absolute atomic E-state index is 0.140. The minimum Gasteiger partial charge on any atom is -0.370 e. The number of benzene rings is 1. The van der Waals surface area contributed by atoms with Crippen molar-refractivity contribution in [2.45, 2.75) is 12.6 Å². The summed E-state index contributed by atoms with van der Waals surface area (Å²) in [7, 11) is 1.42. The number of carbonyl (C=O) groups is 1. The molecule has 0 atom stereocenters. The van der Waals surface area contributed by atoms with E-state index in [1.54, 1.807) is 4.90 Å². The van der Waals surface area contributed by atoms with E-state index in [1.807, 2.05) is 0 Å². The molecule has 1 aliphatic rings. The number of nitro benzene ring substituents is 1. The minimum atomic E-state index is -4.25. The lowest BCUT2D eigenvalue weighted by atomic mass is 10.1. The van der Waals surface area contributed by atoms with Crippen LogP contribution in [-0.4, -0.2) is 61.7 Å². The number of hydrogen-bond acceptors (Lipinski definition) is 5. The second-order valence-electron chi connectivity index (χ2n) is 5.77. The average Bonchev–Trinajstić information content (AvgIpc) is 2.77. The molecule has 1 heterocycles. The monoisotopic (exact) mass is 360 g/mol. The number of nitro groups is 1. The number of halogens is 3. The summed E-state index contributed by atoms with van der Waals surface area (Å²) in [6.07, 6.45) is -3.75. The second-order valence-corrected chi connectivity index (χ2v) is 5.77. The van der Waals surface area contributed by atoms with E-state index in [2.05, 4.69) is 5.32 Å². The van der Waals surface area contributed by atoms with Crippen molar-refractivity contribution in [2.24, 2.45) is 0 Å². The molecule has 1 aromatic rings. The van der Waals surface area contributed by atoms with Gasteiger partial charge in [0.25, 0.3) is 11.6 Å². The largest absolute Gasteiger partial charge is 0.401 e. The topological polar surface area (TPSA) is 78.7 Å². The fourth-order valence-electron chi connectivity index (χ4n) is 2.85. The summed E-state index contributed by atoms with van der Waals surface area (Å²) in [6.45, 7) is 0.305. The van der Waals surface area contributed by atoms with Gasteiger partial charge in [-0.25, -0.2) is 0 Å². The third-order valence-electron chi connectivity index (χ3n) is 3.99. The zero-order valence-corrected chi connectivity index (χ0v) is 13.7. The standard InChI is InChI=1S/C15H19F3N4O3/c1-19-14(23)12-9-11(22(24)25)3-4-13(12)21-6-2-5-20(7-8-21)10-15(16,17)18/h3-4,9H,2,5-8,10H2,1H3,(H,19,23). The highest BCUT2D eigenvalue weighted by atomic mass is 19.4. The van der Waals surface area contributed by atoms with Crippen LogP contribution >= 0.6 is 0 Å². The van der Waals surface area contributed by atoms with Crippen molar-refractivity contribution in [2.75, 3.05) is 44.7 Å². The molecule has 0 aromatic heterocycles. The number of amides is 1. The SMILES string of the molecule is CNC(=O)c1cc([N+](=O)[O-])ccc1N1CCCN(CC(F)(F)F)CC1. The Morgan fingerprint density at radius 2 is 2.00 bits per heavy atom. The lowest BCUT2D eigenvalue weighted by Crippen LogP contribution is -2.37. The van der Waals surface area contributed by atoms with Crippen molar-refractivity contribution in [3.05, 3.63) is 33.9 Å². The highest BCUT2D eigenvalue weighted by Gasteiger charge is 2.31. The summed E-state index contributed by atoms with van der Waals surface area (Å²) in [6, 6.07) is 3.95. The van der Waals surface area contributed by atoms with Crippen LogP contribution in [0.5, 0.6) is 0 Å². The first kappa shape index (κ1) is 19.0. The highest BCUT2D eigenvalue weighted by Crippen LogP contribution is 2.27. The Bertz CT molecular complexity index is 651. The summed E-state index contributed by atoms with van der Waals surface area (Å²) in [5.74, 6) is -0.477. The number of nitrogens with one attached hydrogen (secondary N) is 1.